The van der Waals surface area contributed by atoms with E-state index in [-0.39, 0.29) is 0 Å². The Balaban J connectivity index is 1.69. The minimum absolute atomic E-state index is 0.426. The largest absolute Gasteiger partial charge is 0.493 e. The fourth-order valence-electron chi connectivity index (χ4n) is 3.51. The average molecular weight is 367 g/mol. The summed E-state index contributed by atoms with van der Waals surface area (Å²) in [6, 6.07) is 10.5. The highest BCUT2D eigenvalue weighted by atomic mass is 16.5. The van der Waals surface area contributed by atoms with Crippen molar-refractivity contribution < 1.29 is 18.9 Å². The van der Waals surface area contributed by atoms with Gasteiger partial charge in [-0.15, -0.1) is 0 Å². The van der Waals surface area contributed by atoms with Crippen molar-refractivity contribution >= 4 is 11.6 Å². The minimum atomic E-state index is 0.426. The van der Waals surface area contributed by atoms with Crippen molar-refractivity contribution in [3.05, 3.63) is 47.0 Å². The summed E-state index contributed by atoms with van der Waals surface area (Å²) < 4.78 is 22.9. The molecule has 0 atom stereocenters. The van der Waals surface area contributed by atoms with Gasteiger partial charge in [0.05, 0.1) is 19.8 Å². The molecule has 4 rings (SSSR count). The molecular formula is C22H25NO4. The number of ether oxygens (including phenoxy) is 4. The SMILES string of the molecule is COc1ccc(C2=Cc3ccc4c(c3OC2)CN(C(C)C)CO4)cc1OC. The molecule has 0 amide bonds. The van der Waals surface area contributed by atoms with E-state index in [1.165, 1.54) is 0 Å². The summed E-state index contributed by atoms with van der Waals surface area (Å²) in [6.07, 6.45) is 2.19. The number of nitrogens with zero attached hydrogens (tertiary/aromatic N) is 1. The van der Waals surface area contributed by atoms with Crippen LogP contribution < -0.4 is 18.9 Å². The van der Waals surface area contributed by atoms with E-state index in [0.29, 0.717) is 25.1 Å². The zero-order valence-electron chi connectivity index (χ0n) is 16.2. The van der Waals surface area contributed by atoms with Crippen LogP contribution in [0.5, 0.6) is 23.0 Å². The molecule has 0 saturated carbocycles. The van der Waals surface area contributed by atoms with Gasteiger partial charge in [0, 0.05) is 18.2 Å². The van der Waals surface area contributed by atoms with Gasteiger partial charge in [0.15, 0.2) is 11.5 Å². The first-order valence-electron chi connectivity index (χ1n) is 9.19. The smallest absolute Gasteiger partial charge is 0.161 e. The Hall–Kier alpha value is -2.66. The first-order valence-corrected chi connectivity index (χ1v) is 9.19. The molecule has 2 heterocycles. The number of fused-ring (bicyclic) bond motifs is 3. The Morgan fingerprint density at radius 3 is 2.56 bits per heavy atom. The predicted molar refractivity (Wildman–Crippen MR) is 106 cm³/mol. The van der Waals surface area contributed by atoms with Gasteiger partial charge >= 0.3 is 0 Å². The van der Waals surface area contributed by atoms with E-state index in [4.69, 9.17) is 18.9 Å². The van der Waals surface area contributed by atoms with Gasteiger partial charge in [-0.05, 0) is 55.3 Å². The first-order chi connectivity index (χ1) is 13.1. The van der Waals surface area contributed by atoms with E-state index in [1.54, 1.807) is 14.2 Å². The van der Waals surface area contributed by atoms with Crippen LogP contribution in [0.1, 0.15) is 30.5 Å². The van der Waals surface area contributed by atoms with Gasteiger partial charge in [-0.25, -0.2) is 0 Å². The van der Waals surface area contributed by atoms with Crippen molar-refractivity contribution in [1.82, 2.24) is 4.90 Å². The lowest BCUT2D eigenvalue weighted by atomic mass is 9.97. The van der Waals surface area contributed by atoms with Crippen LogP contribution in [0, 0.1) is 0 Å². The molecule has 2 aliphatic heterocycles. The van der Waals surface area contributed by atoms with Crippen LogP contribution in [0.25, 0.3) is 11.6 Å². The zero-order chi connectivity index (χ0) is 19.0. The van der Waals surface area contributed by atoms with Gasteiger partial charge in [-0.2, -0.15) is 0 Å². The Kier molecular flexibility index (Phi) is 4.70. The highest BCUT2D eigenvalue weighted by molar-refractivity contribution is 5.87. The van der Waals surface area contributed by atoms with Crippen LogP contribution in [0.15, 0.2) is 30.3 Å². The summed E-state index contributed by atoms with van der Waals surface area (Å²) in [5, 5.41) is 0. The summed E-state index contributed by atoms with van der Waals surface area (Å²) in [5.74, 6) is 3.29. The molecule has 5 heteroatoms. The maximum Gasteiger partial charge on any atom is 0.161 e. The second kappa shape index (κ2) is 7.16. The second-order valence-corrected chi connectivity index (χ2v) is 7.10. The van der Waals surface area contributed by atoms with Gasteiger partial charge in [-0.1, -0.05) is 6.07 Å². The molecule has 0 fully saturated rings. The van der Waals surface area contributed by atoms with Gasteiger partial charge in [0.1, 0.15) is 24.8 Å². The number of benzene rings is 2. The lowest BCUT2D eigenvalue weighted by Gasteiger charge is -2.34. The maximum absolute atomic E-state index is 6.20. The number of rotatable bonds is 4. The Morgan fingerprint density at radius 1 is 1.00 bits per heavy atom. The summed E-state index contributed by atoms with van der Waals surface area (Å²) in [7, 11) is 3.29. The van der Waals surface area contributed by atoms with Crippen LogP contribution in [-0.2, 0) is 6.54 Å². The molecule has 2 aromatic rings. The van der Waals surface area contributed by atoms with E-state index in [9.17, 15) is 0 Å². The molecule has 0 saturated heterocycles. The number of hydrogen-bond acceptors (Lipinski definition) is 5. The second-order valence-electron chi connectivity index (χ2n) is 7.10. The Morgan fingerprint density at radius 2 is 1.81 bits per heavy atom. The lowest BCUT2D eigenvalue weighted by molar-refractivity contribution is 0.0668. The third kappa shape index (κ3) is 3.23. The van der Waals surface area contributed by atoms with Crippen molar-refractivity contribution in [2.45, 2.75) is 26.4 Å². The zero-order valence-corrected chi connectivity index (χ0v) is 16.2. The van der Waals surface area contributed by atoms with Crippen LogP contribution in [0.4, 0.5) is 0 Å². The molecule has 27 heavy (non-hydrogen) atoms. The molecule has 5 nitrogen and oxygen atoms in total. The van der Waals surface area contributed by atoms with Crippen molar-refractivity contribution in [3.63, 3.8) is 0 Å². The van der Waals surface area contributed by atoms with E-state index < -0.39 is 0 Å². The molecular weight excluding hydrogens is 342 g/mol. The van der Waals surface area contributed by atoms with E-state index in [1.807, 2.05) is 24.3 Å². The molecule has 0 spiro atoms. The van der Waals surface area contributed by atoms with Gasteiger partial charge in [-0.3, -0.25) is 4.90 Å². The topological polar surface area (TPSA) is 40.2 Å². The van der Waals surface area contributed by atoms with Gasteiger partial charge in [0.25, 0.3) is 0 Å². The van der Waals surface area contributed by atoms with Crippen molar-refractivity contribution in [3.8, 4) is 23.0 Å². The normalized spacial score (nSPS) is 16.0. The third-order valence-electron chi connectivity index (χ3n) is 5.18. The molecule has 2 aromatic carbocycles. The van der Waals surface area contributed by atoms with Crippen LogP contribution in [-0.4, -0.2) is 38.5 Å². The monoisotopic (exact) mass is 367 g/mol. The van der Waals surface area contributed by atoms with Gasteiger partial charge in [0.2, 0.25) is 0 Å². The molecule has 2 aliphatic rings. The first kappa shape index (κ1) is 17.7. The van der Waals surface area contributed by atoms with E-state index in [0.717, 1.165) is 46.1 Å². The number of hydrogen-bond donors (Lipinski definition) is 0. The Labute approximate surface area is 160 Å². The summed E-state index contributed by atoms with van der Waals surface area (Å²) in [4.78, 5) is 2.29. The van der Waals surface area contributed by atoms with E-state index in [2.05, 4.69) is 30.9 Å². The van der Waals surface area contributed by atoms with Crippen molar-refractivity contribution in [2.24, 2.45) is 0 Å². The molecule has 0 aromatic heterocycles. The summed E-state index contributed by atoms with van der Waals surface area (Å²) >= 11 is 0. The highest BCUT2D eigenvalue weighted by Gasteiger charge is 2.26. The highest BCUT2D eigenvalue weighted by Crippen LogP contribution is 2.41. The predicted octanol–water partition coefficient (Wildman–Crippen LogP) is 4.20. The van der Waals surface area contributed by atoms with Gasteiger partial charge < -0.3 is 18.9 Å². The quantitative estimate of drug-likeness (QED) is 0.810. The van der Waals surface area contributed by atoms with Crippen molar-refractivity contribution in [1.29, 1.82) is 0 Å². The minimum Gasteiger partial charge on any atom is -0.493 e. The van der Waals surface area contributed by atoms with E-state index >= 15 is 0 Å². The lowest BCUT2D eigenvalue weighted by Crippen LogP contribution is -2.37. The molecule has 142 valence electrons. The molecule has 0 unspecified atom stereocenters. The fraction of sp³-hybridized carbons (Fsp3) is 0.364. The van der Waals surface area contributed by atoms with Crippen LogP contribution in [0.3, 0.4) is 0 Å². The molecule has 0 radical (unpaired) electrons. The fourth-order valence-corrected chi connectivity index (χ4v) is 3.51. The number of methoxy groups -OCH3 is 2. The summed E-state index contributed by atoms with van der Waals surface area (Å²) in [5.41, 5.74) is 4.39. The van der Waals surface area contributed by atoms with Crippen molar-refractivity contribution in [2.75, 3.05) is 27.6 Å². The van der Waals surface area contributed by atoms with Crippen LogP contribution in [0.2, 0.25) is 0 Å². The van der Waals surface area contributed by atoms with Crippen LogP contribution >= 0.6 is 0 Å². The maximum atomic E-state index is 6.20. The third-order valence-corrected chi connectivity index (χ3v) is 5.18. The summed E-state index contributed by atoms with van der Waals surface area (Å²) in [6.45, 7) is 6.34. The Bertz CT molecular complexity index is 888. The molecule has 0 N–H and O–H groups in total. The molecule has 0 bridgehead atoms. The standard InChI is InChI=1S/C22H25NO4/c1-14(2)23-11-18-19(27-13-23)7-6-16-9-17(12-26-22(16)18)15-5-8-20(24-3)21(10-15)25-4/h5-10,14H,11-13H2,1-4H3. The molecule has 0 aliphatic carbocycles. The average Bonchev–Trinajstić information content (AvgIpc) is 2.72.